The Morgan fingerprint density at radius 3 is 2.36 bits per heavy atom. The number of hydrogen-bond donors (Lipinski definition) is 1. The zero-order chi connectivity index (χ0) is 20.5. The molecule has 1 N–H and O–H groups in total. The third kappa shape index (κ3) is 5.40. The van der Waals surface area contributed by atoms with Crippen molar-refractivity contribution >= 4 is 5.96 Å². The van der Waals surface area contributed by atoms with Crippen molar-refractivity contribution in [1.29, 1.82) is 5.26 Å². The predicted octanol–water partition coefficient (Wildman–Crippen LogP) is 3.48. The summed E-state index contributed by atoms with van der Waals surface area (Å²) in [6.45, 7) is 6.12. The van der Waals surface area contributed by atoms with E-state index in [0.717, 1.165) is 40.7 Å². The third-order valence-corrected chi connectivity index (χ3v) is 4.44. The monoisotopic (exact) mass is 380 g/mol. The molecule has 6 heteroatoms. The molecule has 0 aliphatic rings. The number of ether oxygens (including phenoxy) is 2. The van der Waals surface area contributed by atoms with Gasteiger partial charge in [-0.3, -0.25) is 0 Å². The zero-order valence-corrected chi connectivity index (χ0v) is 17.2. The predicted molar refractivity (Wildman–Crippen MR) is 112 cm³/mol. The Morgan fingerprint density at radius 1 is 1.14 bits per heavy atom. The lowest BCUT2D eigenvalue weighted by Crippen LogP contribution is -2.38. The number of nitrogens with zero attached hydrogens (tertiary/aromatic N) is 3. The second-order valence-corrected chi connectivity index (χ2v) is 6.47. The van der Waals surface area contributed by atoms with Gasteiger partial charge in [-0.05, 0) is 54.8 Å². The first-order chi connectivity index (χ1) is 13.5. The lowest BCUT2D eigenvalue weighted by Gasteiger charge is -2.23. The van der Waals surface area contributed by atoms with Gasteiger partial charge in [0.15, 0.2) is 17.5 Å². The highest BCUT2D eigenvalue weighted by Crippen LogP contribution is 2.30. The van der Waals surface area contributed by atoms with E-state index in [1.807, 2.05) is 50.4 Å². The van der Waals surface area contributed by atoms with Crippen molar-refractivity contribution < 1.29 is 9.47 Å². The lowest BCUT2D eigenvalue weighted by atomic mass is 10.1. The van der Waals surface area contributed by atoms with Gasteiger partial charge in [0.25, 0.3) is 0 Å². The van der Waals surface area contributed by atoms with E-state index >= 15 is 0 Å². The molecule has 0 bridgehead atoms. The number of benzene rings is 2. The molecule has 0 aliphatic heterocycles. The van der Waals surface area contributed by atoms with Crippen LogP contribution < -0.4 is 14.8 Å². The molecule has 0 aromatic heterocycles. The van der Waals surface area contributed by atoms with Gasteiger partial charge >= 0.3 is 0 Å². The van der Waals surface area contributed by atoms with Crippen molar-refractivity contribution in [2.75, 3.05) is 27.8 Å². The van der Waals surface area contributed by atoms with Crippen LogP contribution in [0.2, 0.25) is 0 Å². The molecule has 0 atom stereocenters. The molecule has 0 aliphatic carbocycles. The first-order valence-electron chi connectivity index (χ1n) is 9.22. The summed E-state index contributed by atoms with van der Waals surface area (Å²) in [6, 6.07) is 13.6. The maximum Gasteiger partial charge on any atom is 0.194 e. The van der Waals surface area contributed by atoms with E-state index in [-0.39, 0.29) is 0 Å². The average molecular weight is 380 g/mol. The van der Waals surface area contributed by atoms with Crippen molar-refractivity contribution in [3.8, 4) is 17.6 Å². The van der Waals surface area contributed by atoms with Crippen LogP contribution in [-0.2, 0) is 13.1 Å². The fraction of sp³-hybridized carbons (Fsp3) is 0.364. The van der Waals surface area contributed by atoms with Crippen LogP contribution >= 0.6 is 0 Å². The molecule has 2 rings (SSSR count). The minimum atomic E-state index is 0.545. The number of rotatable bonds is 7. The molecule has 148 valence electrons. The second-order valence-electron chi connectivity index (χ2n) is 6.47. The fourth-order valence-electron chi connectivity index (χ4n) is 2.84. The van der Waals surface area contributed by atoms with Crippen molar-refractivity contribution in [1.82, 2.24) is 10.2 Å². The summed E-state index contributed by atoms with van der Waals surface area (Å²) in [5, 5.41) is 12.2. The van der Waals surface area contributed by atoms with E-state index in [1.54, 1.807) is 14.2 Å². The minimum absolute atomic E-state index is 0.545. The van der Waals surface area contributed by atoms with Crippen molar-refractivity contribution in [3.05, 3.63) is 58.7 Å². The first kappa shape index (κ1) is 21.1. The Hall–Kier alpha value is -3.20. The second kappa shape index (κ2) is 10.2. The van der Waals surface area contributed by atoms with Crippen molar-refractivity contribution in [2.24, 2.45) is 4.99 Å². The smallest absolute Gasteiger partial charge is 0.194 e. The highest BCUT2D eigenvalue weighted by Gasteiger charge is 2.12. The Bertz CT molecular complexity index is 854. The van der Waals surface area contributed by atoms with Crippen LogP contribution in [0.4, 0.5) is 0 Å². The van der Waals surface area contributed by atoms with Gasteiger partial charge in [0.05, 0.1) is 32.4 Å². The first-order valence-corrected chi connectivity index (χ1v) is 9.22. The van der Waals surface area contributed by atoms with Crippen LogP contribution in [0.25, 0.3) is 0 Å². The Kier molecular flexibility index (Phi) is 7.70. The Morgan fingerprint density at radius 2 is 1.79 bits per heavy atom. The third-order valence-electron chi connectivity index (χ3n) is 4.44. The summed E-state index contributed by atoms with van der Waals surface area (Å²) >= 11 is 0. The van der Waals surface area contributed by atoms with Crippen LogP contribution in [0.1, 0.15) is 29.2 Å². The van der Waals surface area contributed by atoms with E-state index in [9.17, 15) is 0 Å². The number of aryl methyl sites for hydroxylation is 1. The SMILES string of the molecule is CCNC(=NCc1ccc(C#N)cc1)N(C)Cc1cc(OC)c(OC)cc1C. The molecule has 0 amide bonds. The highest BCUT2D eigenvalue weighted by molar-refractivity contribution is 5.79. The average Bonchev–Trinajstić information content (AvgIpc) is 2.72. The van der Waals surface area contributed by atoms with Crippen molar-refractivity contribution in [3.63, 3.8) is 0 Å². The Labute approximate surface area is 167 Å². The van der Waals surface area contributed by atoms with Gasteiger partial charge < -0.3 is 19.7 Å². The highest BCUT2D eigenvalue weighted by atomic mass is 16.5. The molecule has 2 aromatic carbocycles. The summed E-state index contributed by atoms with van der Waals surface area (Å²) in [4.78, 5) is 6.82. The van der Waals surface area contributed by atoms with Gasteiger partial charge in [0, 0.05) is 20.1 Å². The minimum Gasteiger partial charge on any atom is -0.493 e. The number of aliphatic imine (C=N–C) groups is 1. The summed E-state index contributed by atoms with van der Waals surface area (Å²) in [6.07, 6.45) is 0. The van der Waals surface area contributed by atoms with Crippen molar-refractivity contribution in [2.45, 2.75) is 26.9 Å². The van der Waals surface area contributed by atoms with Crippen LogP contribution in [0.15, 0.2) is 41.4 Å². The summed E-state index contributed by atoms with van der Waals surface area (Å²) in [5.74, 6) is 2.27. The number of hydrogen-bond acceptors (Lipinski definition) is 4. The van der Waals surface area contributed by atoms with Gasteiger partial charge in [-0.2, -0.15) is 5.26 Å². The number of nitrogens with one attached hydrogen (secondary N) is 1. The molecule has 0 fully saturated rings. The van der Waals surface area contributed by atoms with Gasteiger partial charge in [0.2, 0.25) is 0 Å². The molecule has 28 heavy (non-hydrogen) atoms. The molecular weight excluding hydrogens is 352 g/mol. The van der Waals surface area contributed by atoms with E-state index in [1.165, 1.54) is 0 Å². The van der Waals surface area contributed by atoms with Crippen LogP contribution in [-0.4, -0.2) is 38.7 Å². The molecule has 6 nitrogen and oxygen atoms in total. The molecule has 0 spiro atoms. The Balaban J connectivity index is 2.17. The van der Waals surface area contributed by atoms with E-state index in [4.69, 9.17) is 19.7 Å². The van der Waals surface area contributed by atoms with Gasteiger partial charge in [0.1, 0.15) is 0 Å². The maximum atomic E-state index is 8.91. The summed E-state index contributed by atoms with van der Waals surface area (Å²) in [7, 11) is 5.29. The molecule has 2 aromatic rings. The molecule has 0 saturated heterocycles. The number of guanidine groups is 1. The normalized spacial score (nSPS) is 10.9. The molecule has 0 heterocycles. The van der Waals surface area contributed by atoms with Gasteiger partial charge in [-0.15, -0.1) is 0 Å². The molecule has 0 saturated carbocycles. The molecule has 0 unspecified atom stereocenters. The molecular formula is C22H28N4O2. The summed E-state index contributed by atoms with van der Waals surface area (Å²) in [5.41, 5.74) is 3.99. The van der Waals surface area contributed by atoms with E-state index < -0.39 is 0 Å². The number of nitriles is 1. The van der Waals surface area contributed by atoms with E-state index in [0.29, 0.717) is 18.7 Å². The largest absolute Gasteiger partial charge is 0.493 e. The van der Waals surface area contributed by atoms with Crippen LogP contribution in [0.3, 0.4) is 0 Å². The topological polar surface area (TPSA) is 69.9 Å². The lowest BCUT2D eigenvalue weighted by molar-refractivity contribution is 0.353. The molecule has 0 radical (unpaired) electrons. The number of methoxy groups -OCH3 is 2. The quantitative estimate of drug-likeness (QED) is 0.588. The maximum absolute atomic E-state index is 8.91. The standard InChI is InChI=1S/C22H28N4O2/c1-6-24-22(25-14-18-9-7-17(13-23)8-10-18)26(3)15-19-12-21(28-5)20(27-4)11-16(19)2/h7-12H,6,14-15H2,1-5H3,(H,24,25). The van der Waals surface area contributed by atoms with E-state index in [2.05, 4.69) is 23.2 Å². The van der Waals surface area contributed by atoms with Gasteiger partial charge in [-0.25, -0.2) is 4.99 Å². The summed E-state index contributed by atoms with van der Waals surface area (Å²) < 4.78 is 10.8. The van der Waals surface area contributed by atoms with Crippen LogP contribution in [0.5, 0.6) is 11.5 Å². The van der Waals surface area contributed by atoms with Crippen LogP contribution in [0, 0.1) is 18.3 Å². The fourth-order valence-corrected chi connectivity index (χ4v) is 2.84. The zero-order valence-electron chi connectivity index (χ0n) is 17.2. The van der Waals surface area contributed by atoms with Gasteiger partial charge in [-0.1, -0.05) is 12.1 Å².